The topological polar surface area (TPSA) is 25.8 Å². The number of nitrogens with zero attached hydrogens (tertiary/aromatic N) is 2. The monoisotopic (exact) mass is 430 g/mol. The van der Waals surface area contributed by atoms with Crippen LogP contribution in [0, 0.1) is 0 Å². The third-order valence-corrected chi connectivity index (χ3v) is 7.24. The Hall–Kier alpha value is -3.56. The molecule has 4 aromatic carbocycles. The van der Waals surface area contributed by atoms with Crippen LogP contribution in [0.25, 0.3) is 44.2 Å². The van der Waals surface area contributed by atoms with Gasteiger partial charge in [0, 0.05) is 16.5 Å². The smallest absolute Gasteiger partial charge is 0.173 e. The third kappa shape index (κ3) is 2.85. The average molecular weight is 431 g/mol. The van der Waals surface area contributed by atoms with Crippen LogP contribution >= 0.6 is 11.5 Å². The van der Waals surface area contributed by atoms with Crippen molar-refractivity contribution in [3.05, 3.63) is 108 Å². The van der Waals surface area contributed by atoms with Crippen molar-refractivity contribution in [2.75, 3.05) is 0 Å². The van der Waals surface area contributed by atoms with Crippen molar-refractivity contribution in [2.24, 2.45) is 0 Å². The van der Waals surface area contributed by atoms with E-state index < -0.39 is 0 Å². The fourth-order valence-corrected chi connectivity index (χ4v) is 5.73. The molecule has 0 amide bonds. The van der Waals surface area contributed by atoms with Crippen LogP contribution in [0.3, 0.4) is 0 Å². The molecule has 0 spiro atoms. The second-order valence-corrected chi connectivity index (χ2v) is 9.49. The molecule has 1 aliphatic carbocycles. The second-order valence-electron chi connectivity index (χ2n) is 8.73. The Labute approximate surface area is 192 Å². The number of aromatic nitrogens is 2. The first-order valence-corrected chi connectivity index (χ1v) is 11.6. The summed E-state index contributed by atoms with van der Waals surface area (Å²) in [5.41, 5.74) is 9.84. The van der Waals surface area contributed by atoms with Crippen LogP contribution < -0.4 is 0 Å². The van der Waals surface area contributed by atoms with Crippen LogP contribution in [0.15, 0.2) is 97.1 Å². The quantitative estimate of drug-likeness (QED) is 0.291. The Kier molecular flexibility index (Phi) is 4.34. The highest BCUT2D eigenvalue weighted by Crippen LogP contribution is 2.51. The molecule has 0 saturated carbocycles. The molecule has 154 valence electrons. The summed E-state index contributed by atoms with van der Waals surface area (Å²) in [4.78, 5) is 5.05. The van der Waals surface area contributed by atoms with E-state index in [1.807, 2.05) is 6.07 Å². The molecular weight excluding hydrogens is 408 g/mol. The van der Waals surface area contributed by atoms with Crippen molar-refractivity contribution in [3.8, 4) is 44.2 Å². The van der Waals surface area contributed by atoms with Gasteiger partial charge < -0.3 is 0 Å². The molecule has 0 saturated heterocycles. The van der Waals surface area contributed by atoms with Gasteiger partial charge in [0.1, 0.15) is 5.01 Å². The van der Waals surface area contributed by atoms with Gasteiger partial charge in [-0.3, -0.25) is 0 Å². The van der Waals surface area contributed by atoms with E-state index in [0.717, 1.165) is 22.0 Å². The lowest BCUT2D eigenvalue weighted by Gasteiger charge is -2.23. The van der Waals surface area contributed by atoms with E-state index in [4.69, 9.17) is 9.36 Å². The van der Waals surface area contributed by atoms with Crippen LogP contribution in [0.1, 0.15) is 25.0 Å². The largest absolute Gasteiger partial charge is 0.215 e. The molecule has 0 radical (unpaired) electrons. The summed E-state index contributed by atoms with van der Waals surface area (Å²) >= 11 is 1.47. The van der Waals surface area contributed by atoms with Crippen molar-refractivity contribution in [1.82, 2.24) is 9.36 Å². The van der Waals surface area contributed by atoms with Crippen LogP contribution in [0.2, 0.25) is 0 Å². The predicted octanol–water partition coefficient (Wildman–Crippen LogP) is 7.85. The summed E-state index contributed by atoms with van der Waals surface area (Å²) in [5.74, 6) is 0.811. The van der Waals surface area contributed by atoms with Gasteiger partial charge in [-0.15, -0.1) is 0 Å². The highest BCUT2D eigenvalue weighted by atomic mass is 32.1. The molecule has 0 bridgehead atoms. The van der Waals surface area contributed by atoms with Gasteiger partial charge in [0.2, 0.25) is 0 Å². The van der Waals surface area contributed by atoms with Crippen LogP contribution in [0.4, 0.5) is 0 Å². The minimum atomic E-state index is -0.0874. The van der Waals surface area contributed by atoms with Gasteiger partial charge in [-0.25, -0.2) is 4.98 Å². The van der Waals surface area contributed by atoms with Gasteiger partial charge in [0.25, 0.3) is 0 Å². The van der Waals surface area contributed by atoms with Crippen LogP contribution in [-0.4, -0.2) is 9.36 Å². The minimum Gasteiger partial charge on any atom is -0.215 e. The maximum Gasteiger partial charge on any atom is 0.173 e. The Morgan fingerprint density at radius 3 is 2.03 bits per heavy atom. The van der Waals surface area contributed by atoms with Crippen LogP contribution in [0.5, 0.6) is 0 Å². The molecular formula is C29H22N2S. The fourth-order valence-electron chi connectivity index (χ4n) is 5.02. The van der Waals surface area contributed by atoms with Crippen molar-refractivity contribution in [1.29, 1.82) is 0 Å². The number of benzene rings is 4. The highest BCUT2D eigenvalue weighted by molar-refractivity contribution is 7.09. The number of rotatable bonds is 3. The first kappa shape index (κ1) is 19.1. The van der Waals surface area contributed by atoms with Crippen LogP contribution in [-0.2, 0) is 5.41 Å². The molecule has 0 aliphatic heterocycles. The van der Waals surface area contributed by atoms with E-state index >= 15 is 0 Å². The van der Waals surface area contributed by atoms with Gasteiger partial charge in [0.15, 0.2) is 5.82 Å². The zero-order valence-electron chi connectivity index (χ0n) is 18.0. The second kappa shape index (κ2) is 7.25. The maximum absolute atomic E-state index is 5.05. The van der Waals surface area contributed by atoms with Gasteiger partial charge in [0.05, 0.1) is 0 Å². The van der Waals surface area contributed by atoms with Crippen molar-refractivity contribution < 1.29 is 0 Å². The standard InChI is InChI=1S/C29H22N2S/c1-29(2)25-18-9-8-14-21(25)22-16-10-17-24(26(22)29)27-30-28(32-31-27)23-15-7-6-13-20(23)19-11-4-3-5-12-19/h3-18H,1-2H3. The molecule has 0 fully saturated rings. The maximum atomic E-state index is 5.05. The Morgan fingerprint density at radius 2 is 1.22 bits per heavy atom. The van der Waals surface area contributed by atoms with E-state index in [1.54, 1.807) is 0 Å². The number of fused-ring (bicyclic) bond motifs is 3. The van der Waals surface area contributed by atoms with Gasteiger partial charge in [-0.1, -0.05) is 111 Å². The van der Waals surface area contributed by atoms with E-state index in [-0.39, 0.29) is 5.41 Å². The van der Waals surface area contributed by atoms with Gasteiger partial charge in [-0.05, 0) is 44.9 Å². The molecule has 0 unspecified atom stereocenters. The zero-order chi connectivity index (χ0) is 21.7. The Morgan fingerprint density at radius 1 is 0.594 bits per heavy atom. The minimum absolute atomic E-state index is 0.0874. The van der Waals surface area contributed by atoms with E-state index in [9.17, 15) is 0 Å². The SMILES string of the molecule is CC1(C)c2ccccc2-c2cccc(-c3nsc(-c4ccccc4-c4ccccc4)n3)c21. The molecule has 1 heterocycles. The number of hydrogen-bond acceptors (Lipinski definition) is 3. The average Bonchev–Trinajstić information content (AvgIpc) is 3.42. The van der Waals surface area contributed by atoms with Crippen molar-refractivity contribution in [2.45, 2.75) is 19.3 Å². The van der Waals surface area contributed by atoms with E-state index in [0.29, 0.717) is 0 Å². The first-order chi connectivity index (χ1) is 15.6. The molecule has 6 rings (SSSR count). The molecule has 5 aromatic rings. The predicted molar refractivity (Wildman–Crippen MR) is 134 cm³/mol. The summed E-state index contributed by atoms with van der Waals surface area (Å²) in [5, 5.41) is 0.949. The summed E-state index contributed by atoms with van der Waals surface area (Å²) in [7, 11) is 0. The Balaban J connectivity index is 1.49. The lowest BCUT2D eigenvalue weighted by atomic mass is 9.80. The summed E-state index contributed by atoms with van der Waals surface area (Å²) in [6.07, 6.45) is 0. The lowest BCUT2D eigenvalue weighted by Crippen LogP contribution is -2.16. The Bertz CT molecular complexity index is 1450. The molecule has 32 heavy (non-hydrogen) atoms. The van der Waals surface area contributed by atoms with Crippen molar-refractivity contribution in [3.63, 3.8) is 0 Å². The summed E-state index contributed by atoms with van der Waals surface area (Å²) < 4.78 is 4.83. The fraction of sp³-hybridized carbons (Fsp3) is 0.103. The van der Waals surface area contributed by atoms with Gasteiger partial charge in [-0.2, -0.15) is 4.37 Å². The normalized spacial score (nSPS) is 13.6. The van der Waals surface area contributed by atoms with E-state index in [1.165, 1.54) is 44.9 Å². The molecule has 3 heteroatoms. The molecule has 0 atom stereocenters. The molecule has 1 aliphatic rings. The van der Waals surface area contributed by atoms with E-state index in [2.05, 4.69) is 105 Å². The third-order valence-electron chi connectivity index (χ3n) is 6.49. The molecule has 0 N–H and O–H groups in total. The van der Waals surface area contributed by atoms with Gasteiger partial charge >= 0.3 is 0 Å². The lowest BCUT2D eigenvalue weighted by molar-refractivity contribution is 0.661. The summed E-state index contributed by atoms with van der Waals surface area (Å²) in [6, 6.07) is 34.2. The highest BCUT2D eigenvalue weighted by Gasteiger charge is 2.37. The first-order valence-electron chi connectivity index (χ1n) is 10.9. The number of hydrogen-bond donors (Lipinski definition) is 0. The summed E-state index contributed by atoms with van der Waals surface area (Å²) in [6.45, 7) is 4.61. The zero-order valence-corrected chi connectivity index (χ0v) is 18.9. The molecule has 1 aromatic heterocycles. The molecule has 2 nitrogen and oxygen atoms in total. The van der Waals surface area contributed by atoms with Crippen molar-refractivity contribution >= 4 is 11.5 Å².